The van der Waals surface area contributed by atoms with Crippen LogP contribution < -0.4 is 10.6 Å². The van der Waals surface area contributed by atoms with Crippen LogP contribution in [0.5, 0.6) is 5.75 Å². The van der Waals surface area contributed by atoms with Crippen molar-refractivity contribution in [3.05, 3.63) is 69.6 Å². The molecule has 1 aromatic heterocycles. The maximum absolute atomic E-state index is 12.1. The first-order chi connectivity index (χ1) is 12.5. The highest BCUT2D eigenvalue weighted by Gasteiger charge is 2.09. The predicted molar refractivity (Wildman–Crippen MR) is 102 cm³/mol. The molecule has 0 fully saturated rings. The summed E-state index contributed by atoms with van der Waals surface area (Å²) in [7, 11) is 0. The molecule has 0 unspecified atom stereocenters. The average molecular weight is 388 g/mol. The van der Waals surface area contributed by atoms with E-state index in [1.165, 1.54) is 17.4 Å². The molecule has 132 valence electrons. The Bertz CT molecular complexity index is 927. The van der Waals surface area contributed by atoms with Crippen molar-refractivity contribution in [3.8, 4) is 5.75 Å². The van der Waals surface area contributed by atoms with Crippen molar-refractivity contribution in [2.45, 2.75) is 6.42 Å². The third-order valence-electron chi connectivity index (χ3n) is 3.47. The molecule has 3 N–H and O–H groups in total. The molecule has 2 amide bonds. The Kier molecular flexibility index (Phi) is 5.50. The summed E-state index contributed by atoms with van der Waals surface area (Å²) in [5, 5.41) is 16.8. The van der Waals surface area contributed by atoms with Crippen molar-refractivity contribution < 1.29 is 14.7 Å². The molecule has 0 spiro atoms. The van der Waals surface area contributed by atoms with E-state index in [0.29, 0.717) is 22.6 Å². The van der Waals surface area contributed by atoms with E-state index >= 15 is 0 Å². The number of thiazole rings is 1. The number of carbonyl (C=O) groups is 2. The highest BCUT2D eigenvalue weighted by molar-refractivity contribution is 7.07. The molecule has 0 saturated carbocycles. The second-order valence-electron chi connectivity index (χ2n) is 5.42. The summed E-state index contributed by atoms with van der Waals surface area (Å²) in [6.45, 7) is 0. The fraction of sp³-hybridized carbons (Fsp3) is 0.0556. The van der Waals surface area contributed by atoms with Crippen molar-refractivity contribution in [2.24, 2.45) is 0 Å². The Labute approximate surface area is 158 Å². The largest absolute Gasteiger partial charge is 0.506 e. The molecule has 0 atom stereocenters. The highest BCUT2D eigenvalue weighted by Crippen LogP contribution is 2.24. The fourth-order valence-electron chi connectivity index (χ4n) is 2.21. The number of nitrogens with zero attached hydrogens (tertiary/aromatic N) is 1. The molecular formula is C18H14ClN3O3S. The van der Waals surface area contributed by atoms with Gasteiger partial charge in [-0.05, 0) is 42.0 Å². The smallest absolute Gasteiger partial charge is 0.275 e. The van der Waals surface area contributed by atoms with Gasteiger partial charge in [0.25, 0.3) is 5.91 Å². The summed E-state index contributed by atoms with van der Waals surface area (Å²) in [4.78, 5) is 28.0. The van der Waals surface area contributed by atoms with Gasteiger partial charge < -0.3 is 15.7 Å². The number of amides is 2. The fourth-order valence-corrected chi connectivity index (χ4v) is 2.94. The Balaban J connectivity index is 1.57. The Morgan fingerprint density at radius 1 is 1.08 bits per heavy atom. The minimum absolute atomic E-state index is 0.0221. The van der Waals surface area contributed by atoms with Gasteiger partial charge in [0.2, 0.25) is 5.91 Å². The number of hydrogen-bond donors (Lipinski definition) is 3. The number of anilines is 2. The number of aromatic nitrogens is 1. The van der Waals surface area contributed by atoms with Crippen LogP contribution in [0.15, 0.2) is 53.4 Å². The van der Waals surface area contributed by atoms with Gasteiger partial charge in [-0.3, -0.25) is 9.59 Å². The van der Waals surface area contributed by atoms with Gasteiger partial charge in [0.05, 0.1) is 17.0 Å². The minimum Gasteiger partial charge on any atom is -0.506 e. The van der Waals surface area contributed by atoms with Gasteiger partial charge in [0.1, 0.15) is 11.4 Å². The van der Waals surface area contributed by atoms with Crippen molar-refractivity contribution in [2.75, 3.05) is 10.6 Å². The van der Waals surface area contributed by atoms with E-state index in [1.807, 2.05) is 0 Å². The number of hydrogen-bond acceptors (Lipinski definition) is 5. The molecule has 8 heteroatoms. The Morgan fingerprint density at radius 2 is 1.77 bits per heavy atom. The minimum atomic E-state index is -0.285. The molecule has 6 nitrogen and oxygen atoms in total. The maximum Gasteiger partial charge on any atom is 0.275 e. The van der Waals surface area contributed by atoms with Crippen molar-refractivity contribution in [1.29, 1.82) is 0 Å². The van der Waals surface area contributed by atoms with Crippen LogP contribution >= 0.6 is 22.9 Å². The number of rotatable bonds is 5. The third kappa shape index (κ3) is 4.59. The molecule has 0 bridgehead atoms. The first-order valence-corrected chi connectivity index (χ1v) is 8.90. The second kappa shape index (κ2) is 7.99. The number of benzene rings is 2. The summed E-state index contributed by atoms with van der Waals surface area (Å²) < 4.78 is 0. The van der Waals surface area contributed by atoms with Crippen molar-refractivity contribution in [3.63, 3.8) is 0 Å². The molecule has 0 aliphatic heterocycles. The van der Waals surface area contributed by atoms with Crippen molar-refractivity contribution >= 4 is 46.1 Å². The number of halogens is 1. The lowest BCUT2D eigenvalue weighted by Gasteiger charge is -2.08. The van der Waals surface area contributed by atoms with E-state index in [1.54, 1.807) is 47.3 Å². The summed E-state index contributed by atoms with van der Waals surface area (Å²) in [6, 6.07) is 11.4. The van der Waals surface area contributed by atoms with Crippen LogP contribution in [0, 0.1) is 0 Å². The molecule has 0 aliphatic carbocycles. The van der Waals surface area contributed by atoms with Crippen LogP contribution in [0.4, 0.5) is 11.4 Å². The monoisotopic (exact) mass is 387 g/mol. The van der Waals surface area contributed by atoms with Crippen LogP contribution in [0.25, 0.3) is 0 Å². The van der Waals surface area contributed by atoms with Crippen LogP contribution in [-0.4, -0.2) is 21.9 Å². The highest BCUT2D eigenvalue weighted by atomic mass is 35.5. The van der Waals surface area contributed by atoms with Crippen molar-refractivity contribution in [1.82, 2.24) is 4.98 Å². The number of phenols is 1. The lowest BCUT2D eigenvalue weighted by molar-refractivity contribution is -0.115. The Hall–Kier alpha value is -2.90. The van der Waals surface area contributed by atoms with Gasteiger partial charge in [-0.2, -0.15) is 0 Å². The normalized spacial score (nSPS) is 10.3. The third-order valence-corrected chi connectivity index (χ3v) is 4.36. The van der Waals surface area contributed by atoms with Gasteiger partial charge in [0, 0.05) is 16.8 Å². The van der Waals surface area contributed by atoms with Gasteiger partial charge >= 0.3 is 0 Å². The molecule has 0 saturated heterocycles. The molecule has 3 rings (SSSR count). The first kappa shape index (κ1) is 17.9. The zero-order valence-electron chi connectivity index (χ0n) is 13.4. The van der Waals surface area contributed by atoms with E-state index in [9.17, 15) is 14.7 Å². The zero-order chi connectivity index (χ0) is 18.5. The molecule has 0 radical (unpaired) electrons. The number of carbonyl (C=O) groups excluding carboxylic acids is 2. The van der Waals surface area contributed by atoms with Crippen LogP contribution in [0.1, 0.15) is 16.1 Å². The molecule has 1 heterocycles. The Morgan fingerprint density at radius 3 is 2.38 bits per heavy atom. The van der Waals surface area contributed by atoms with Crippen LogP contribution in [0.2, 0.25) is 5.02 Å². The lowest BCUT2D eigenvalue weighted by atomic mass is 10.1. The van der Waals surface area contributed by atoms with Crippen LogP contribution in [0.3, 0.4) is 0 Å². The zero-order valence-corrected chi connectivity index (χ0v) is 15.0. The first-order valence-electron chi connectivity index (χ1n) is 7.58. The average Bonchev–Trinajstić information content (AvgIpc) is 3.15. The second-order valence-corrected chi connectivity index (χ2v) is 6.54. The summed E-state index contributed by atoms with van der Waals surface area (Å²) in [5.41, 5.74) is 3.85. The molecule has 2 aromatic carbocycles. The number of phenolic OH excluding ortho intramolecular Hbond substituents is 1. The van der Waals surface area contributed by atoms with Crippen LogP contribution in [-0.2, 0) is 11.2 Å². The maximum atomic E-state index is 12.1. The number of nitrogens with one attached hydrogen (secondary N) is 2. The van der Waals surface area contributed by atoms with Gasteiger partial charge in [0.15, 0.2) is 0 Å². The molecule has 3 aromatic rings. The number of aromatic hydroxyl groups is 1. The summed E-state index contributed by atoms with van der Waals surface area (Å²) in [5.74, 6) is -0.524. The van der Waals surface area contributed by atoms with Gasteiger partial charge in [-0.1, -0.05) is 17.7 Å². The van der Waals surface area contributed by atoms with Gasteiger partial charge in [-0.25, -0.2) is 4.98 Å². The molecular weight excluding hydrogens is 374 g/mol. The van der Waals surface area contributed by atoms with E-state index in [0.717, 1.165) is 0 Å². The lowest BCUT2D eigenvalue weighted by Crippen LogP contribution is -2.15. The van der Waals surface area contributed by atoms with E-state index in [4.69, 9.17) is 11.6 Å². The molecule has 26 heavy (non-hydrogen) atoms. The van der Waals surface area contributed by atoms with E-state index in [2.05, 4.69) is 15.6 Å². The van der Waals surface area contributed by atoms with Gasteiger partial charge in [-0.15, -0.1) is 11.3 Å². The predicted octanol–water partition coefficient (Wildman–Crippen LogP) is 3.94. The topological polar surface area (TPSA) is 91.3 Å². The quantitative estimate of drug-likeness (QED) is 0.618. The van der Waals surface area contributed by atoms with E-state index in [-0.39, 0.29) is 29.0 Å². The molecule has 0 aliphatic rings. The standard InChI is InChI=1S/C18H14ClN3O3S/c19-14-7-11(1-6-16(14)23)8-17(24)21-12-2-4-13(5-3-12)22-18(25)15-9-26-10-20-15/h1-7,9-10,23H,8H2,(H,21,24)(H,22,25). The van der Waals surface area contributed by atoms with E-state index < -0.39 is 0 Å². The SMILES string of the molecule is O=C(Cc1ccc(O)c(Cl)c1)Nc1ccc(NC(=O)c2cscn2)cc1. The summed E-state index contributed by atoms with van der Waals surface area (Å²) in [6.07, 6.45) is 0.127. The summed E-state index contributed by atoms with van der Waals surface area (Å²) >= 11 is 7.18.